The first-order chi connectivity index (χ1) is 6.20. The number of carbonyl (C=O) groups excluding carboxylic acids is 1. The van der Waals surface area contributed by atoms with Gasteiger partial charge < -0.3 is 11.5 Å². The van der Waals surface area contributed by atoms with Crippen molar-refractivity contribution in [3.63, 3.8) is 0 Å². The Morgan fingerprint density at radius 3 is 3.08 bits per heavy atom. The second-order valence-corrected chi connectivity index (χ2v) is 3.37. The van der Waals surface area contributed by atoms with Gasteiger partial charge in [-0.25, -0.2) is 0 Å². The van der Waals surface area contributed by atoms with E-state index in [1.165, 1.54) is 0 Å². The van der Waals surface area contributed by atoms with E-state index in [9.17, 15) is 4.79 Å². The van der Waals surface area contributed by atoms with Crippen molar-refractivity contribution in [2.24, 2.45) is 11.5 Å². The maximum Gasteiger partial charge on any atom is 0.226 e. The van der Waals surface area contributed by atoms with Crippen LogP contribution in [-0.4, -0.2) is 11.9 Å². The SMILES string of the molecule is NC(=O)C1c2cc[c]cc2CC1N. The third-order valence-electron chi connectivity index (χ3n) is 2.51. The van der Waals surface area contributed by atoms with Crippen LogP contribution in [0.5, 0.6) is 0 Å². The van der Waals surface area contributed by atoms with Gasteiger partial charge >= 0.3 is 0 Å². The van der Waals surface area contributed by atoms with E-state index in [0.717, 1.165) is 17.5 Å². The minimum atomic E-state index is -0.336. The Morgan fingerprint density at radius 2 is 2.38 bits per heavy atom. The monoisotopic (exact) mass is 175 g/mol. The molecule has 0 fully saturated rings. The Hall–Kier alpha value is -1.35. The van der Waals surface area contributed by atoms with E-state index in [-0.39, 0.29) is 17.9 Å². The highest BCUT2D eigenvalue weighted by atomic mass is 16.1. The molecular formula is C10H11N2O. The Labute approximate surface area is 76.7 Å². The van der Waals surface area contributed by atoms with Crippen molar-refractivity contribution in [1.29, 1.82) is 0 Å². The van der Waals surface area contributed by atoms with Gasteiger partial charge in [-0.3, -0.25) is 4.79 Å². The van der Waals surface area contributed by atoms with Gasteiger partial charge in [0, 0.05) is 6.04 Å². The highest BCUT2D eigenvalue weighted by Gasteiger charge is 2.33. The molecule has 3 heteroatoms. The van der Waals surface area contributed by atoms with Crippen LogP contribution in [0.2, 0.25) is 0 Å². The maximum absolute atomic E-state index is 11.1. The number of amides is 1. The summed E-state index contributed by atoms with van der Waals surface area (Å²) in [7, 11) is 0. The molecular weight excluding hydrogens is 164 g/mol. The minimum absolute atomic E-state index is 0.164. The fourth-order valence-electron chi connectivity index (χ4n) is 1.92. The summed E-state index contributed by atoms with van der Waals surface area (Å²) >= 11 is 0. The standard InChI is InChI=1S/C10H11N2O/c11-8-5-6-3-1-2-4-7(6)9(8)10(12)13/h2-4,8-9H,5,11H2,(H2,12,13). The molecule has 0 saturated heterocycles. The van der Waals surface area contributed by atoms with E-state index < -0.39 is 0 Å². The average molecular weight is 175 g/mol. The van der Waals surface area contributed by atoms with Crippen LogP contribution < -0.4 is 11.5 Å². The Kier molecular flexibility index (Phi) is 1.81. The normalized spacial score (nSPS) is 25.6. The summed E-state index contributed by atoms with van der Waals surface area (Å²) < 4.78 is 0. The Morgan fingerprint density at radius 1 is 1.62 bits per heavy atom. The van der Waals surface area contributed by atoms with Gasteiger partial charge in [-0.1, -0.05) is 18.2 Å². The summed E-state index contributed by atoms with van der Waals surface area (Å²) in [6, 6.07) is 8.33. The fourth-order valence-corrected chi connectivity index (χ4v) is 1.92. The molecule has 3 nitrogen and oxygen atoms in total. The summed E-state index contributed by atoms with van der Waals surface area (Å²) in [4.78, 5) is 11.1. The summed E-state index contributed by atoms with van der Waals surface area (Å²) in [5, 5.41) is 0. The lowest BCUT2D eigenvalue weighted by Gasteiger charge is -2.11. The molecule has 67 valence electrons. The van der Waals surface area contributed by atoms with E-state index in [1.807, 2.05) is 12.1 Å². The molecule has 1 aliphatic rings. The summed E-state index contributed by atoms with van der Waals surface area (Å²) in [5.41, 5.74) is 13.2. The lowest BCUT2D eigenvalue weighted by Crippen LogP contribution is -2.34. The number of hydrogen-bond acceptors (Lipinski definition) is 2. The van der Waals surface area contributed by atoms with Crippen LogP contribution in [0.3, 0.4) is 0 Å². The van der Waals surface area contributed by atoms with E-state index in [2.05, 4.69) is 6.07 Å². The molecule has 0 aromatic heterocycles. The summed E-state index contributed by atoms with van der Waals surface area (Å²) in [6.07, 6.45) is 0.722. The predicted octanol–water partition coefficient (Wildman–Crippen LogP) is -0.0609. The van der Waals surface area contributed by atoms with E-state index in [1.54, 1.807) is 6.07 Å². The Bertz CT molecular complexity index is 349. The topological polar surface area (TPSA) is 69.1 Å². The Balaban J connectivity index is 2.46. The molecule has 1 aromatic carbocycles. The second kappa shape index (κ2) is 2.85. The maximum atomic E-state index is 11.1. The second-order valence-electron chi connectivity index (χ2n) is 3.37. The number of primary amides is 1. The zero-order chi connectivity index (χ0) is 9.42. The molecule has 1 amide bonds. The fraction of sp³-hybridized carbons (Fsp3) is 0.300. The summed E-state index contributed by atoms with van der Waals surface area (Å²) in [5.74, 6) is -0.651. The number of fused-ring (bicyclic) bond motifs is 1. The highest BCUT2D eigenvalue weighted by Crippen LogP contribution is 2.31. The number of rotatable bonds is 1. The first kappa shape index (κ1) is 8.26. The van der Waals surface area contributed by atoms with Crippen molar-refractivity contribution < 1.29 is 4.79 Å². The van der Waals surface area contributed by atoms with E-state index >= 15 is 0 Å². The first-order valence-corrected chi connectivity index (χ1v) is 4.24. The van der Waals surface area contributed by atoms with E-state index in [0.29, 0.717) is 0 Å². The largest absolute Gasteiger partial charge is 0.369 e. The molecule has 1 aromatic rings. The van der Waals surface area contributed by atoms with Gasteiger partial charge in [-0.05, 0) is 23.6 Å². The van der Waals surface area contributed by atoms with Gasteiger partial charge in [0.2, 0.25) is 5.91 Å². The molecule has 0 bridgehead atoms. The van der Waals surface area contributed by atoms with Crippen LogP contribution >= 0.6 is 0 Å². The van der Waals surface area contributed by atoms with Gasteiger partial charge in [0.15, 0.2) is 0 Å². The average Bonchev–Trinajstić information content (AvgIpc) is 2.39. The zero-order valence-electron chi connectivity index (χ0n) is 7.16. The number of hydrogen-bond donors (Lipinski definition) is 2. The molecule has 1 aliphatic carbocycles. The molecule has 0 aliphatic heterocycles. The lowest BCUT2D eigenvalue weighted by molar-refractivity contribution is -0.119. The van der Waals surface area contributed by atoms with Gasteiger partial charge in [-0.2, -0.15) is 0 Å². The quantitative estimate of drug-likeness (QED) is 0.627. The van der Waals surface area contributed by atoms with Gasteiger partial charge in [-0.15, -0.1) is 0 Å². The number of nitrogens with two attached hydrogens (primary N) is 2. The molecule has 1 radical (unpaired) electrons. The first-order valence-electron chi connectivity index (χ1n) is 4.24. The number of carbonyl (C=O) groups is 1. The zero-order valence-corrected chi connectivity index (χ0v) is 7.16. The van der Waals surface area contributed by atoms with Crippen molar-refractivity contribution in [2.45, 2.75) is 18.4 Å². The van der Waals surface area contributed by atoms with Gasteiger partial charge in [0.05, 0.1) is 5.92 Å². The smallest absolute Gasteiger partial charge is 0.226 e. The van der Waals surface area contributed by atoms with Crippen molar-refractivity contribution in [3.8, 4) is 0 Å². The summed E-state index contributed by atoms with van der Waals surface area (Å²) in [6.45, 7) is 0. The molecule has 2 unspecified atom stereocenters. The molecule has 0 heterocycles. The molecule has 2 rings (SSSR count). The van der Waals surface area contributed by atoms with Crippen molar-refractivity contribution in [3.05, 3.63) is 35.4 Å². The predicted molar refractivity (Wildman–Crippen MR) is 48.9 cm³/mol. The van der Waals surface area contributed by atoms with Crippen LogP contribution in [0.25, 0.3) is 0 Å². The highest BCUT2D eigenvalue weighted by molar-refractivity contribution is 5.84. The van der Waals surface area contributed by atoms with Crippen molar-refractivity contribution >= 4 is 5.91 Å². The van der Waals surface area contributed by atoms with Crippen molar-refractivity contribution in [1.82, 2.24) is 0 Å². The molecule has 0 saturated carbocycles. The van der Waals surface area contributed by atoms with Gasteiger partial charge in [0.25, 0.3) is 0 Å². The van der Waals surface area contributed by atoms with Crippen LogP contribution in [0.15, 0.2) is 18.2 Å². The third-order valence-corrected chi connectivity index (χ3v) is 2.51. The molecule has 0 spiro atoms. The molecule has 13 heavy (non-hydrogen) atoms. The van der Waals surface area contributed by atoms with Crippen molar-refractivity contribution in [2.75, 3.05) is 0 Å². The van der Waals surface area contributed by atoms with Crippen LogP contribution in [0, 0.1) is 6.07 Å². The third kappa shape index (κ3) is 1.21. The lowest BCUT2D eigenvalue weighted by atomic mass is 9.98. The molecule has 4 N–H and O–H groups in total. The van der Waals surface area contributed by atoms with Crippen LogP contribution in [-0.2, 0) is 11.2 Å². The molecule has 2 atom stereocenters. The van der Waals surface area contributed by atoms with Crippen LogP contribution in [0.1, 0.15) is 17.0 Å². The number of benzene rings is 1. The van der Waals surface area contributed by atoms with Crippen LogP contribution in [0.4, 0.5) is 0 Å². The van der Waals surface area contributed by atoms with E-state index in [4.69, 9.17) is 11.5 Å². The van der Waals surface area contributed by atoms with Gasteiger partial charge in [0.1, 0.15) is 0 Å². The minimum Gasteiger partial charge on any atom is -0.369 e.